The van der Waals surface area contributed by atoms with E-state index in [1.807, 2.05) is 6.07 Å². The second-order valence-corrected chi connectivity index (χ2v) is 12.5. The van der Waals surface area contributed by atoms with Crippen LogP contribution in [-0.4, -0.2) is 89.3 Å². The second kappa shape index (κ2) is 12.7. The minimum atomic E-state index is -1.19. The zero-order valence-corrected chi connectivity index (χ0v) is 26.5. The number of rotatable bonds is 8. The summed E-state index contributed by atoms with van der Waals surface area (Å²) in [5.74, 6) is 1.67. The van der Waals surface area contributed by atoms with Gasteiger partial charge in [0.2, 0.25) is 11.8 Å². The number of aromatic nitrogens is 3. The van der Waals surface area contributed by atoms with Crippen molar-refractivity contribution in [1.29, 1.82) is 0 Å². The number of nitrogens with zero attached hydrogens (tertiary/aromatic N) is 6. The van der Waals surface area contributed by atoms with Crippen LogP contribution in [0.25, 0.3) is 0 Å². The normalized spacial score (nSPS) is 17.4. The third kappa shape index (κ3) is 6.94. The van der Waals surface area contributed by atoms with Crippen LogP contribution in [0.5, 0.6) is 5.88 Å². The van der Waals surface area contributed by atoms with Gasteiger partial charge < -0.3 is 30.3 Å². The molecule has 12 heteroatoms. The first-order valence-corrected chi connectivity index (χ1v) is 15.1. The molecule has 0 aliphatic carbocycles. The highest BCUT2D eigenvalue weighted by Crippen LogP contribution is 2.35. The Morgan fingerprint density at radius 2 is 1.74 bits per heavy atom. The fourth-order valence-corrected chi connectivity index (χ4v) is 5.99. The lowest BCUT2D eigenvalue weighted by atomic mass is 9.96. The van der Waals surface area contributed by atoms with Crippen LogP contribution in [0.4, 0.5) is 33.3 Å². The molecule has 0 unspecified atom stereocenters. The first-order valence-electron chi connectivity index (χ1n) is 14.3. The van der Waals surface area contributed by atoms with E-state index in [9.17, 15) is 9.50 Å². The van der Waals surface area contributed by atoms with E-state index in [0.717, 1.165) is 63.5 Å². The molecule has 3 N–H and O–H groups in total. The smallest absolute Gasteiger partial charge is 0.239 e. The number of methoxy groups -OCH3 is 1. The number of pyridine rings is 1. The number of ether oxygens (including phenoxy) is 1. The van der Waals surface area contributed by atoms with E-state index in [1.54, 1.807) is 33.2 Å². The predicted octanol–water partition coefficient (Wildman–Crippen LogP) is 5.02. The van der Waals surface area contributed by atoms with Gasteiger partial charge in [-0.25, -0.2) is 9.37 Å². The van der Waals surface area contributed by atoms with Crippen LogP contribution in [-0.2, 0) is 5.60 Å². The lowest BCUT2D eigenvalue weighted by molar-refractivity contribution is 0.0793. The number of anilines is 5. The summed E-state index contributed by atoms with van der Waals surface area (Å²) in [7, 11) is 3.80. The number of halogens is 2. The molecule has 0 saturated carbocycles. The van der Waals surface area contributed by atoms with Crippen LogP contribution in [0.1, 0.15) is 37.8 Å². The molecule has 0 radical (unpaired) electrons. The Hall–Kier alpha value is -3.06. The molecular formula is C30H40BrFN8O2. The standard InChI is InChI=1S/C30H40BrFN8O2/c1-19-16-25(28(42-5)37-27(19)40-10-8-21(9-11-40)39-14-12-38(4)13-15-39)35-29-33-18-23(31)26(36-29)34-24-17-20(32)6-7-22(24)30(2,3)41/h6-7,16-18,21,41H,8-15H2,1-5H3,(H2,33,34,35,36). The zero-order valence-electron chi connectivity index (χ0n) is 24.9. The van der Waals surface area contributed by atoms with Gasteiger partial charge in [-0.3, -0.25) is 4.90 Å². The summed E-state index contributed by atoms with van der Waals surface area (Å²) in [6.07, 6.45) is 3.85. The fourth-order valence-electron chi connectivity index (χ4n) is 5.70. The molecule has 226 valence electrons. The molecule has 2 aliphatic rings. The number of hydrogen-bond acceptors (Lipinski definition) is 10. The highest BCUT2D eigenvalue weighted by Gasteiger charge is 2.28. The summed E-state index contributed by atoms with van der Waals surface area (Å²) < 4.78 is 20.4. The molecule has 5 rings (SSSR count). The van der Waals surface area contributed by atoms with Gasteiger partial charge in [0.25, 0.3) is 0 Å². The third-order valence-corrected chi connectivity index (χ3v) is 8.63. The highest BCUT2D eigenvalue weighted by atomic mass is 79.9. The monoisotopic (exact) mass is 642 g/mol. The van der Waals surface area contributed by atoms with Gasteiger partial charge in [0.05, 0.1) is 17.2 Å². The fraction of sp³-hybridized carbons (Fsp3) is 0.500. The van der Waals surface area contributed by atoms with Crippen molar-refractivity contribution in [3.63, 3.8) is 0 Å². The van der Waals surface area contributed by atoms with E-state index in [-0.39, 0.29) is 0 Å². The summed E-state index contributed by atoms with van der Waals surface area (Å²) in [6, 6.07) is 6.84. The van der Waals surface area contributed by atoms with Gasteiger partial charge in [-0.15, -0.1) is 0 Å². The number of aliphatic hydroxyl groups is 1. The largest absolute Gasteiger partial charge is 0.479 e. The molecule has 0 amide bonds. The summed E-state index contributed by atoms with van der Waals surface area (Å²) in [5.41, 5.74) is 1.43. The minimum Gasteiger partial charge on any atom is -0.479 e. The van der Waals surface area contributed by atoms with Gasteiger partial charge >= 0.3 is 0 Å². The molecule has 0 spiro atoms. The Balaban J connectivity index is 1.31. The number of benzene rings is 1. The van der Waals surface area contributed by atoms with Crippen LogP contribution >= 0.6 is 15.9 Å². The zero-order chi connectivity index (χ0) is 30.0. The van der Waals surface area contributed by atoms with Crippen LogP contribution < -0.4 is 20.3 Å². The topological polar surface area (TPSA) is 102 Å². The summed E-state index contributed by atoms with van der Waals surface area (Å²) in [5, 5.41) is 17.0. The van der Waals surface area contributed by atoms with Gasteiger partial charge in [0.15, 0.2) is 0 Å². The maximum atomic E-state index is 14.1. The Kier molecular flexibility index (Phi) is 9.17. The van der Waals surface area contributed by atoms with Crippen molar-refractivity contribution in [1.82, 2.24) is 24.8 Å². The average molecular weight is 644 g/mol. The molecule has 2 aromatic heterocycles. The summed E-state index contributed by atoms with van der Waals surface area (Å²) in [6.45, 7) is 11.8. The molecule has 3 aromatic rings. The molecule has 1 aromatic carbocycles. The van der Waals surface area contributed by atoms with Gasteiger partial charge in [-0.1, -0.05) is 6.07 Å². The van der Waals surface area contributed by atoms with Crippen LogP contribution in [0.2, 0.25) is 0 Å². The SMILES string of the molecule is COc1nc(N2CCC(N3CCN(C)CC3)CC2)c(C)cc1Nc1ncc(Br)c(Nc2cc(F)ccc2C(C)(C)O)n1. The van der Waals surface area contributed by atoms with Crippen molar-refractivity contribution in [2.75, 3.05) is 69.0 Å². The Bertz CT molecular complexity index is 1400. The van der Waals surface area contributed by atoms with E-state index in [1.165, 1.54) is 12.1 Å². The number of likely N-dealkylation sites (N-methyl/N-ethyl adjacent to an activating group) is 1. The van der Waals surface area contributed by atoms with Gasteiger partial charge in [0, 0.05) is 62.8 Å². The predicted molar refractivity (Wildman–Crippen MR) is 168 cm³/mol. The van der Waals surface area contributed by atoms with Crippen molar-refractivity contribution >= 4 is 44.9 Å². The van der Waals surface area contributed by atoms with Crippen LogP contribution in [0.15, 0.2) is 34.9 Å². The molecular weight excluding hydrogens is 603 g/mol. The molecule has 0 atom stereocenters. The van der Waals surface area contributed by atoms with E-state index < -0.39 is 11.4 Å². The average Bonchev–Trinajstić information content (AvgIpc) is 2.95. The second-order valence-electron chi connectivity index (χ2n) is 11.6. The first-order chi connectivity index (χ1) is 20.0. The number of aryl methyl sites for hydroxylation is 1. The molecule has 42 heavy (non-hydrogen) atoms. The molecule has 2 saturated heterocycles. The van der Waals surface area contributed by atoms with E-state index in [0.29, 0.717) is 45.1 Å². The molecule has 10 nitrogen and oxygen atoms in total. The molecule has 2 aliphatic heterocycles. The van der Waals surface area contributed by atoms with Crippen molar-refractivity contribution in [3.8, 4) is 5.88 Å². The number of nitrogens with one attached hydrogen (secondary N) is 2. The maximum absolute atomic E-state index is 14.1. The number of piperazine rings is 1. The summed E-state index contributed by atoms with van der Waals surface area (Å²) in [4.78, 5) is 21.3. The highest BCUT2D eigenvalue weighted by molar-refractivity contribution is 9.10. The Morgan fingerprint density at radius 3 is 2.40 bits per heavy atom. The maximum Gasteiger partial charge on any atom is 0.239 e. The van der Waals surface area contributed by atoms with E-state index in [4.69, 9.17) is 9.72 Å². The van der Waals surface area contributed by atoms with E-state index in [2.05, 4.69) is 65.2 Å². The van der Waals surface area contributed by atoms with Crippen molar-refractivity contribution in [2.24, 2.45) is 0 Å². The Morgan fingerprint density at radius 1 is 1.02 bits per heavy atom. The minimum absolute atomic E-state index is 0.308. The quantitative estimate of drug-likeness (QED) is 0.310. The molecule has 4 heterocycles. The van der Waals surface area contributed by atoms with Gasteiger partial charge in [-0.05, 0) is 80.4 Å². The van der Waals surface area contributed by atoms with Crippen LogP contribution in [0, 0.1) is 12.7 Å². The lowest BCUT2D eigenvalue weighted by Crippen LogP contribution is -2.52. The first kappa shape index (κ1) is 30.4. The van der Waals surface area contributed by atoms with Gasteiger partial charge in [0.1, 0.15) is 23.1 Å². The van der Waals surface area contributed by atoms with E-state index >= 15 is 0 Å². The number of hydrogen-bond donors (Lipinski definition) is 3. The van der Waals surface area contributed by atoms with Gasteiger partial charge in [-0.2, -0.15) is 9.97 Å². The third-order valence-electron chi connectivity index (χ3n) is 8.05. The van der Waals surface area contributed by atoms with Crippen molar-refractivity contribution in [3.05, 3.63) is 51.9 Å². The van der Waals surface area contributed by atoms with Crippen molar-refractivity contribution in [2.45, 2.75) is 45.3 Å². The Labute approximate surface area is 255 Å². The molecule has 0 bridgehead atoms. The van der Waals surface area contributed by atoms with Crippen molar-refractivity contribution < 1.29 is 14.2 Å². The number of piperidine rings is 1. The lowest BCUT2D eigenvalue weighted by Gasteiger charge is -2.42. The molecule has 2 fully saturated rings. The summed E-state index contributed by atoms with van der Waals surface area (Å²) >= 11 is 3.47. The van der Waals surface area contributed by atoms with Crippen LogP contribution in [0.3, 0.4) is 0 Å².